The highest BCUT2D eigenvalue weighted by Gasteiger charge is 2.23. The summed E-state index contributed by atoms with van der Waals surface area (Å²) in [7, 11) is 0. The molecule has 0 saturated carbocycles. The van der Waals surface area contributed by atoms with Gasteiger partial charge in [-0.05, 0) is 64.0 Å². The van der Waals surface area contributed by atoms with Crippen LogP contribution in [0.25, 0.3) is 73.4 Å². The van der Waals surface area contributed by atoms with Crippen molar-refractivity contribution in [2.75, 3.05) is 4.90 Å². The fourth-order valence-corrected chi connectivity index (χ4v) is 9.85. The molecule has 49 heavy (non-hydrogen) atoms. The number of nitrogens with zero attached hydrogens (tertiary/aromatic N) is 1. The lowest BCUT2D eigenvalue weighted by molar-refractivity contribution is 1.32. The van der Waals surface area contributed by atoms with Gasteiger partial charge in [0.15, 0.2) is 0 Å². The standard InChI is InChI=1S/C46H29NS2/c1-3-13-30(14-4-1)33-25-27-40(36-18-8-7-17-35(33)36)47(32-23-24-38-37-19-9-11-21-42(37)48-44(38)29-32)41-28-26-34(31-15-5-2-6-16-31)46-45(41)39-20-10-12-22-43(39)49-46/h1-29H. The predicted molar refractivity (Wildman–Crippen MR) is 215 cm³/mol. The van der Waals surface area contributed by atoms with E-state index >= 15 is 0 Å². The molecular weight excluding hydrogens is 631 g/mol. The van der Waals surface area contributed by atoms with Gasteiger partial charge in [-0.15, -0.1) is 22.7 Å². The van der Waals surface area contributed by atoms with Gasteiger partial charge >= 0.3 is 0 Å². The van der Waals surface area contributed by atoms with Gasteiger partial charge in [-0.1, -0.05) is 140 Å². The molecule has 2 aromatic heterocycles. The molecule has 0 atom stereocenters. The zero-order valence-electron chi connectivity index (χ0n) is 26.5. The van der Waals surface area contributed by atoms with Crippen LogP contribution in [-0.4, -0.2) is 0 Å². The van der Waals surface area contributed by atoms with E-state index in [1.54, 1.807) is 0 Å². The van der Waals surface area contributed by atoms with Crippen molar-refractivity contribution in [3.8, 4) is 22.3 Å². The first-order valence-corrected chi connectivity index (χ1v) is 18.2. The van der Waals surface area contributed by atoms with Crippen molar-refractivity contribution in [1.82, 2.24) is 0 Å². The smallest absolute Gasteiger partial charge is 0.0555 e. The molecular formula is C46H29NS2. The van der Waals surface area contributed by atoms with E-state index in [9.17, 15) is 0 Å². The monoisotopic (exact) mass is 659 g/mol. The molecule has 230 valence electrons. The highest BCUT2D eigenvalue weighted by atomic mass is 32.1. The van der Waals surface area contributed by atoms with Crippen molar-refractivity contribution in [3.63, 3.8) is 0 Å². The van der Waals surface area contributed by atoms with Gasteiger partial charge in [-0.2, -0.15) is 0 Å². The maximum absolute atomic E-state index is 2.51. The Morgan fingerprint density at radius 2 is 0.898 bits per heavy atom. The molecule has 0 spiro atoms. The van der Waals surface area contributed by atoms with E-state index in [0.717, 1.165) is 5.69 Å². The van der Waals surface area contributed by atoms with E-state index in [1.165, 1.54) is 84.7 Å². The maximum Gasteiger partial charge on any atom is 0.0555 e. The average Bonchev–Trinajstić information content (AvgIpc) is 3.74. The second-order valence-electron chi connectivity index (χ2n) is 12.5. The van der Waals surface area contributed by atoms with Crippen LogP contribution in [0.4, 0.5) is 17.1 Å². The molecule has 1 nitrogen and oxygen atoms in total. The Hall–Kier alpha value is -5.74. The number of rotatable bonds is 5. The fraction of sp³-hybridized carbons (Fsp3) is 0. The minimum atomic E-state index is 1.15. The van der Waals surface area contributed by atoms with Gasteiger partial charge in [0.2, 0.25) is 0 Å². The summed E-state index contributed by atoms with van der Waals surface area (Å²) >= 11 is 3.76. The van der Waals surface area contributed by atoms with Gasteiger partial charge in [0.05, 0.1) is 11.4 Å². The molecule has 0 unspecified atom stereocenters. The Labute approximate surface area is 292 Å². The number of benzene rings is 8. The quantitative estimate of drug-likeness (QED) is 0.178. The van der Waals surface area contributed by atoms with Crippen LogP contribution in [0.15, 0.2) is 176 Å². The summed E-state index contributed by atoms with van der Waals surface area (Å²) in [6, 6.07) is 64.4. The zero-order valence-corrected chi connectivity index (χ0v) is 28.1. The number of thiophene rings is 2. The SMILES string of the molecule is c1ccc(-c2ccc(N(c3ccc4c(c3)sc3ccccc34)c3ccc(-c4ccccc4)c4sc5ccccc5c34)c3ccccc23)cc1. The normalized spacial score (nSPS) is 11.7. The summed E-state index contributed by atoms with van der Waals surface area (Å²) in [4.78, 5) is 2.51. The Kier molecular flexibility index (Phi) is 6.61. The molecule has 10 aromatic rings. The van der Waals surface area contributed by atoms with E-state index in [0.29, 0.717) is 0 Å². The van der Waals surface area contributed by atoms with Crippen molar-refractivity contribution in [2.45, 2.75) is 0 Å². The lowest BCUT2D eigenvalue weighted by atomic mass is 9.95. The Balaban J connectivity index is 1.30. The van der Waals surface area contributed by atoms with Crippen LogP contribution in [0.1, 0.15) is 0 Å². The summed E-state index contributed by atoms with van der Waals surface area (Å²) in [5.74, 6) is 0. The van der Waals surface area contributed by atoms with Gasteiger partial charge in [0.1, 0.15) is 0 Å². The van der Waals surface area contributed by atoms with Crippen molar-refractivity contribution in [2.24, 2.45) is 0 Å². The first-order valence-electron chi connectivity index (χ1n) is 16.6. The minimum Gasteiger partial charge on any atom is -0.309 e. The summed E-state index contributed by atoms with van der Waals surface area (Å²) in [6.45, 7) is 0. The van der Waals surface area contributed by atoms with E-state index < -0.39 is 0 Å². The second kappa shape index (κ2) is 11.5. The molecule has 0 aliphatic rings. The summed E-state index contributed by atoms with van der Waals surface area (Å²) in [6.07, 6.45) is 0. The first-order chi connectivity index (χ1) is 24.3. The molecule has 0 saturated heterocycles. The number of fused-ring (bicyclic) bond motifs is 7. The van der Waals surface area contributed by atoms with Gasteiger partial charge < -0.3 is 4.90 Å². The predicted octanol–water partition coefficient (Wildman–Crippen LogP) is 14.4. The third-order valence-corrected chi connectivity index (χ3v) is 12.0. The van der Waals surface area contributed by atoms with Crippen molar-refractivity contribution in [3.05, 3.63) is 176 Å². The van der Waals surface area contributed by atoms with Crippen LogP contribution < -0.4 is 4.90 Å². The summed E-state index contributed by atoms with van der Waals surface area (Å²) < 4.78 is 5.22. The number of hydrogen-bond donors (Lipinski definition) is 0. The van der Waals surface area contributed by atoms with Crippen LogP contribution in [0.3, 0.4) is 0 Å². The summed E-state index contributed by atoms with van der Waals surface area (Å²) in [5.41, 5.74) is 8.48. The molecule has 0 fully saturated rings. The molecule has 0 amide bonds. The topological polar surface area (TPSA) is 3.24 Å². The zero-order chi connectivity index (χ0) is 32.3. The van der Waals surface area contributed by atoms with Crippen LogP contribution in [0, 0.1) is 0 Å². The molecule has 10 rings (SSSR count). The Morgan fingerprint density at radius 1 is 0.347 bits per heavy atom. The van der Waals surface area contributed by atoms with Crippen LogP contribution in [-0.2, 0) is 0 Å². The van der Waals surface area contributed by atoms with E-state index in [-0.39, 0.29) is 0 Å². The lowest BCUT2D eigenvalue weighted by Gasteiger charge is -2.29. The first kappa shape index (κ1) is 28.3. The van der Waals surface area contributed by atoms with Gasteiger partial charge in [0, 0.05) is 51.4 Å². The van der Waals surface area contributed by atoms with Crippen molar-refractivity contribution in [1.29, 1.82) is 0 Å². The van der Waals surface area contributed by atoms with Crippen LogP contribution in [0.5, 0.6) is 0 Å². The maximum atomic E-state index is 2.51. The largest absolute Gasteiger partial charge is 0.309 e. The second-order valence-corrected chi connectivity index (χ2v) is 14.6. The molecule has 8 aromatic carbocycles. The molecule has 0 bridgehead atoms. The van der Waals surface area contributed by atoms with E-state index in [1.807, 2.05) is 22.7 Å². The summed E-state index contributed by atoms with van der Waals surface area (Å²) in [5, 5.41) is 7.66. The van der Waals surface area contributed by atoms with Crippen LogP contribution >= 0.6 is 22.7 Å². The number of hydrogen-bond acceptors (Lipinski definition) is 3. The van der Waals surface area contributed by atoms with Crippen LogP contribution in [0.2, 0.25) is 0 Å². The molecule has 2 heterocycles. The minimum absolute atomic E-state index is 1.15. The van der Waals surface area contributed by atoms with Gasteiger partial charge in [-0.25, -0.2) is 0 Å². The van der Waals surface area contributed by atoms with E-state index in [4.69, 9.17) is 0 Å². The highest BCUT2D eigenvalue weighted by molar-refractivity contribution is 7.26. The lowest BCUT2D eigenvalue weighted by Crippen LogP contribution is -2.11. The Bertz CT molecular complexity index is 2830. The average molecular weight is 660 g/mol. The van der Waals surface area contributed by atoms with Crippen molar-refractivity contribution < 1.29 is 0 Å². The van der Waals surface area contributed by atoms with Gasteiger partial charge in [0.25, 0.3) is 0 Å². The molecule has 3 heteroatoms. The molecule has 0 aliphatic carbocycles. The third-order valence-electron chi connectivity index (χ3n) is 9.68. The third kappa shape index (κ3) is 4.58. The molecule has 0 radical (unpaired) electrons. The molecule has 0 N–H and O–H groups in total. The fourth-order valence-electron chi connectivity index (χ4n) is 7.45. The van der Waals surface area contributed by atoms with Gasteiger partial charge in [-0.3, -0.25) is 0 Å². The number of anilines is 3. The van der Waals surface area contributed by atoms with Crippen molar-refractivity contribution >= 4 is 90.9 Å². The Morgan fingerprint density at radius 3 is 1.65 bits per heavy atom. The van der Waals surface area contributed by atoms with E-state index in [2.05, 4.69) is 181 Å². The molecule has 0 aliphatic heterocycles. The highest BCUT2D eigenvalue weighted by Crippen LogP contribution is 2.50.